The SMILES string of the molecule is Cl.NCCc1nc(C(=O)NC2C3CC4CC(C3)CC2C4)cs1. The highest BCUT2D eigenvalue weighted by molar-refractivity contribution is 7.09. The molecule has 0 radical (unpaired) electrons. The molecule has 0 aromatic carbocycles. The predicted molar refractivity (Wildman–Crippen MR) is 90.4 cm³/mol. The van der Waals surface area contributed by atoms with Gasteiger partial charge in [0.05, 0.1) is 5.01 Å². The number of carbonyl (C=O) groups excluding carboxylic acids is 1. The van der Waals surface area contributed by atoms with Crippen LogP contribution < -0.4 is 11.1 Å². The first-order valence-electron chi connectivity index (χ1n) is 8.18. The van der Waals surface area contributed by atoms with Crippen molar-refractivity contribution in [2.75, 3.05) is 6.54 Å². The van der Waals surface area contributed by atoms with Crippen molar-refractivity contribution >= 4 is 29.7 Å². The van der Waals surface area contributed by atoms with Crippen molar-refractivity contribution in [1.82, 2.24) is 10.3 Å². The van der Waals surface area contributed by atoms with E-state index in [0.29, 0.717) is 30.1 Å². The van der Waals surface area contributed by atoms with Gasteiger partial charge >= 0.3 is 0 Å². The molecule has 22 heavy (non-hydrogen) atoms. The van der Waals surface area contributed by atoms with Crippen molar-refractivity contribution in [2.45, 2.75) is 44.6 Å². The zero-order valence-corrected chi connectivity index (χ0v) is 14.3. The Bertz CT molecular complexity index is 519. The molecular formula is C16H24ClN3OS. The van der Waals surface area contributed by atoms with Crippen LogP contribution in [0.5, 0.6) is 0 Å². The maximum Gasteiger partial charge on any atom is 0.270 e. The first-order chi connectivity index (χ1) is 10.2. The van der Waals surface area contributed by atoms with Gasteiger partial charge in [-0.05, 0) is 62.3 Å². The lowest BCUT2D eigenvalue weighted by molar-refractivity contribution is -0.0120. The zero-order chi connectivity index (χ0) is 14.4. The minimum Gasteiger partial charge on any atom is -0.347 e. The zero-order valence-electron chi connectivity index (χ0n) is 12.7. The third kappa shape index (κ3) is 2.91. The van der Waals surface area contributed by atoms with Crippen molar-refractivity contribution in [1.29, 1.82) is 0 Å². The average Bonchev–Trinajstić information content (AvgIpc) is 2.91. The van der Waals surface area contributed by atoms with Crippen LogP contribution in [-0.2, 0) is 6.42 Å². The van der Waals surface area contributed by atoms with E-state index in [1.54, 1.807) is 11.3 Å². The van der Waals surface area contributed by atoms with Crippen LogP contribution in [-0.4, -0.2) is 23.5 Å². The lowest BCUT2D eigenvalue weighted by atomic mass is 9.54. The van der Waals surface area contributed by atoms with Crippen LogP contribution in [0.15, 0.2) is 5.38 Å². The minimum atomic E-state index is 0. The van der Waals surface area contributed by atoms with Crippen LogP contribution in [0.2, 0.25) is 0 Å². The number of thiazole rings is 1. The van der Waals surface area contributed by atoms with E-state index in [4.69, 9.17) is 5.73 Å². The third-order valence-corrected chi connectivity index (χ3v) is 6.58. The average molecular weight is 342 g/mol. The summed E-state index contributed by atoms with van der Waals surface area (Å²) in [4.78, 5) is 16.9. The number of aromatic nitrogens is 1. The summed E-state index contributed by atoms with van der Waals surface area (Å²) in [6.07, 6.45) is 7.51. The topological polar surface area (TPSA) is 68.0 Å². The molecule has 1 amide bonds. The van der Waals surface area contributed by atoms with Crippen LogP contribution in [0.1, 0.15) is 47.6 Å². The Labute approximate surface area is 141 Å². The van der Waals surface area contributed by atoms with E-state index in [0.717, 1.165) is 23.3 Å². The van der Waals surface area contributed by atoms with Gasteiger partial charge in [-0.3, -0.25) is 4.79 Å². The molecule has 0 aliphatic heterocycles. The Morgan fingerprint density at radius 2 is 1.86 bits per heavy atom. The minimum absolute atomic E-state index is 0. The summed E-state index contributed by atoms with van der Waals surface area (Å²) in [5.74, 6) is 3.33. The first-order valence-corrected chi connectivity index (χ1v) is 9.06. The van der Waals surface area contributed by atoms with E-state index < -0.39 is 0 Å². The molecule has 0 saturated heterocycles. The summed E-state index contributed by atoms with van der Waals surface area (Å²) < 4.78 is 0. The molecule has 1 aromatic rings. The number of hydrogen-bond acceptors (Lipinski definition) is 4. The maximum atomic E-state index is 12.5. The van der Waals surface area contributed by atoms with Gasteiger partial charge < -0.3 is 11.1 Å². The van der Waals surface area contributed by atoms with Crippen molar-refractivity contribution in [3.8, 4) is 0 Å². The van der Waals surface area contributed by atoms with Crippen LogP contribution in [0.25, 0.3) is 0 Å². The summed E-state index contributed by atoms with van der Waals surface area (Å²) in [5.41, 5.74) is 6.12. The fourth-order valence-electron chi connectivity index (χ4n) is 5.04. The molecule has 0 unspecified atom stereocenters. The highest BCUT2D eigenvalue weighted by Crippen LogP contribution is 2.53. The second-order valence-corrected chi connectivity index (χ2v) is 8.04. The van der Waals surface area contributed by atoms with E-state index in [1.165, 1.54) is 32.1 Å². The second kappa shape index (κ2) is 6.46. The Hall–Kier alpha value is -0.650. The fourth-order valence-corrected chi connectivity index (χ4v) is 5.83. The molecule has 4 saturated carbocycles. The maximum absolute atomic E-state index is 12.5. The van der Waals surface area contributed by atoms with E-state index >= 15 is 0 Å². The number of halogens is 1. The second-order valence-electron chi connectivity index (χ2n) is 7.10. The molecule has 5 rings (SSSR count). The molecule has 4 nitrogen and oxygen atoms in total. The fraction of sp³-hybridized carbons (Fsp3) is 0.750. The van der Waals surface area contributed by atoms with Crippen LogP contribution in [0.3, 0.4) is 0 Å². The number of nitrogens with zero attached hydrogens (tertiary/aromatic N) is 1. The largest absolute Gasteiger partial charge is 0.347 e. The van der Waals surface area contributed by atoms with Gasteiger partial charge in [-0.25, -0.2) is 4.98 Å². The normalized spacial score (nSPS) is 35.2. The van der Waals surface area contributed by atoms with Crippen LogP contribution >= 0.6 is 23.7 Å². The third-order valence-electron chi connectivity index (χ3n) is 5.67. The van der Waals surface area contributed by atoms with Gasteiger partial charge in [0.15, 0.2) is 0 Å². The van der Waals surface area contributed by atoms with Crippen molar-refractivity contribution in [2.24, 2.45) is 29.4 Å². The summed E-state index contributed by atoms with van der Waals surface area (Å²) in [5, 5.41) is 6.14. The van der Waals surface area contributed by atoms with Gasteiger partial charge in [0.1, 0.15) is 5.69 Å². The molecule has 122 valence electrons. The summed E-state index contributed by atoms with van der Waals surface area (Å²) >= 11 is 1.54. The Kier molecular flexibility index (Phi) is 4.76. The Balaban J connectivity index is 0.00000144. The lowest BCUT2D eigenvalue weighted by Crippen LogP contribution is -2.55. The number of rotatable bonds is 4. The number of nitrogens with two attached hydrogens (primary N) is 1. The lowest BCUT2D eigenvalue weighted by Gasteiger charge is -2.54. The number of nitrogens with one attached hydrogen (secondary N) is 1. The van der Waals surface area contributed by atoms with Crippen LogP contribution in [0, 0.1) is 23.7 Å². The number of carbonyl (C=O) groups is 1. The molecular weight excluding hydrogens is 318 g/mol. The molecule has 4 bridgehead atoms. The number of amides is 1. The quantitative estimate of drug-likeness (QED) is 0.884. The molecule has 6 heteroatoms. The smallest absolute Gasteiger partial charge is 0.270 e. The van der Waals surface area contributed by atoms with E-state index in [2.05, 4.69) is 10.3 Å². The molecule has 1 aromatic heterocycles. The number of hydrogen-bond donors (Lipinski definition) is 2. The molecule has 4 aliphatic rings. The van der Waals surface area contributed by atoms with Gasteiger partial charge in [-0.1, -0.05) is 0 Å². The summed E-state index contributed by atoms with van der Waals surface area (Å²) in [6, 6.07) is 0.393. The molecule has 0 spiro atoms. The van der Waals surface area contributed by atoms with Gasteiger partial charge in [0, 0.05) is 17.8 Å². The predicted octanol–water partition coefficient (Wildman–Crippen LogP) is 2.62. The first kappa shape index (κ1) is 16.2. The van der Waals surface area contributed by atoms with Crippen LogP contribution in [0.4, 0.5) is 0 Å². The monoisotopic (exact) mass is 341 g/mol. The molecule has 1 heterocycles. The van der Waals surface area contributed by atoms with Gasteiger partial charge in [-0.15, -0.1) is 23.7 Å². The highest BCUT2D eigenvalue weighted by atomic mass is 35.5. The van der Waals surface area contributed by atoms with E-state index in [9.17, 15) is 4.79 Å². The molecule has 0 atom stereocenters. The summed E-state index contributed by atoms with van der Waals surface area (Å²) in [7, 11) is 0. The standard InChI is InChI=1S/C16H23N3OS.ClH/c17-2-1-14-18-13(8-21-14)16(20)19-15-11-4-9-3-10(6-11)7-12(15)5-9;/h8-12,15H,1-7,17H2,(H,19,20);1H. The van der Waals surface area contributed by atoms with E-state index in [1.807, 2.05) is 5.38 Å². The van der Waals surface area contributed by atoms with Gasteiger partial charge in [0.25, 0.3) is 5.91 Å². The van der Waals surface area contributed by atoms with Gasteiger partial charge in [0.2, 0.25) is 0 Å². The van der Waals surface area contributed by atoms with Crippen molar-refractivity contribution in [3.63, 3.8) is 0 Å². The summed E-state index contributed by atoms with van der Waals surface area (Å²) in [6.45, 7) is 0.587. The Morgan fingerprint density at radius 3 is 2.45 bits per heavy atom. The highest BCUT2D eigenvalue weighted by Gasteiger charge is 2.48. The molecule has 4 fully saturated rings. The van der Waals surface area contributed by atoms with E-state index in [-0.39, 0.29) is 18.3 Å². The Morgan fingerprint density at radius 1 is 1.23 bits per heavy atom. The van der Waals surface area contributed by atoms with Crippen molar-refractivity contribution in [3.05, 3.63) is 16.1 Å². The van der Waals surface area contributed by atoms with Gasteiger partial charge in [-0.2, -0.15) is 0 Å². The molecule has 4 aliphatic carbocycles. The molecule has 3 N–H and O–H groups in total. The van der Waals surface area contributed by atoms with Crippen molar-refractivity contribution < 1.29 is 4.79 Å².